The molecule has 0 spiro atoms. The van der Waals surface area contributed by atoms with Crippen molar-refractivity contribution in [3.8, 4) is 0 Å². The van der Waals surface area contributed by atoms with Crippen LogP contribution in [0.5, 0.6) is 0 Å². The van der Waals surface area contributed by atoms with Crippen LogP contribution in [-0.4, -0.2) is 74.7 Å². The third-order valence-corrected chi connectivity index (χ3v) is 6.81. The average Bonchev–Trinajstić information content (AvgIpc) is 2.89. The molecule has 38 heavy (non-hydrogen) atoms. The zero-order valence-electron chi connectivity index (χ0n) is 21.6. The van der Waals surface area contributed by atoms with Crippen molar-refractivity contribution in [3.63, 3.8) is 0 Å². The van der Waals surface area contributed by atoms with Gasteiger partial charge in [0.15, 0.2) is 0 Å². The van der Waals surface area contributed by atoms with Crippen LogP contribution in [0.4, 0.5) is 22.2 Å². The van der Waals surface area contributed by atoms with E-state index in [1.807, 2.05) is 18.7 Å². The summed E-state index contributed by atoms with van der Waals surface area (Å²) in [6, 6.07) is 0.981. The minimum atomic E-state index is -1.10. The van der Waals surface area contributed by atoms with Gasteiger partial charge >= 0.3 is 6.09 Å². The Hall–Kier alpha value is -4.16. The van der Waals surface area contributed by atoms with Crippen molar-refractivity contribution >= 4 is 35.4 Å². The van der Waals surface area contributed by atoms with E-state index in [0.717, 1.165) is 25.7 Å². The first-order valence-electron chi connectivity index (χ1n) is 12.9. The Morgan fingerprint density at radius 1 is 1.11 bits per heavy atom. The third kappa shape index (κ3) is 6.03. The Bertz CT molecular complexity index is 1270. The van der Waals surface area contributed by atoms with Crippen molar-refractivity contribution in [1.29, 1.82) is 0 Å². The van der Waals surface area contributed by atoms with Gasteiger partial charge in [0.05, 0.1) is 5.69 Å². The van der Waals surface area contributed by atoms with Crippen LogP contribution in [0.15, 0.2) is 23.3 Å². The first kappa shape index (κ1) is 26.9. The fraction of sp³-hybridized carbons (Fsp3) is 0.520. The second-order valence-corrected chi connectivity index (χ2v) is 9.96. The molecular weight excluding hydrogens is 492 g/mol. The lowest BCUT2D eigenvalue weighted by Gasteiger charge is -2.32. The van der Waals surface area contributed by atoms with Gasteiger partial charge in [0, 0.05) is 50.7 Å². The second-order valence-electron chi connectivity index (χ2n) is 9.96. The van der Waals surface area contributed by atoms with Crippen molar-refractivity contribution < 1.29 is 19.5 Å². The van der Waals surface area contributed by atoms with Gasteiger partial charge in [-0.15, -0.1) is 0 Å². The molecule has 2 aliphatic heterocycles. The quantitative estimate of drug-likeness (QED) is 0.420. The standard InChI is InChI=1S/C25H34N8O5/c1-15(2)33-14-17(11-18(23(33)36)22(35)31-8-4-3-5-9-31)28-21-19(20(26)34)12-27-24(30-21)32-10-6-7-16(13-32)29-25(37)38/h11-12,14-16,29H,3-10,13H2,1-2H3,(H2,26,34)(H,37,38)(H,27,28,30)/t16-/m0/s1. The summed E-state index contributed by atoms with van der Waals surface area (Å²) >= 11 is 0. The van der Waals surface area contributed by atoms with Crippen LogP contribution in [-0.2, 0) is 0 Å². The van der Waals surface area contributed by atoms with Crippen molar-refractivity contribution in [2.24, 2.45) is 5.73 Å². The van der Waals surface area contributed by atoms with Crippen LogP contribution in [0.2, 0.25) is 0 Å². The number of carbonyl (C=O) groups is 3. The van der Waals surface area contributed by atoms with E-state index >= 15 is 0 Å². The number of carboxylic acid groups (broad SMARTS) is 1. The number of hydrogen-bond acceptors (Lipinski definition) is 8. The van der Waals surface area contributed by atoms with Gasteiger partial charge in [-0.05, 0) is 52.0 Å². The zero-order chi connectivity index (χ0) is 27.4. The number of primary amides is 1. The van der Waals surface area contributed by atoms with Crippen molar-refractivity contribution in [2.45, 2.75) is 58.0 Å². The molecule has 0 unspecified atom stereocenters. The van der Waals surface area contributed by atoms with E-state index < -0.39 is 12.0 Å². The van der Waals surface area contributed by atoms with Gasteiger partial charge in [-0.1, -0.05) is 0 Å². The van der Waals surface area contributed by atoms with Crippen LogP contribution in [0.3, 0.4) is 0 Å². The Kier molecular flexibility index (Phi) is 8.13. The molecule has 0 aromatic carbocycles. The van der Waals surface area contributed by atoms with Gasteiger partial charge in [0.1, 0.15) is 16.9 Å². The second kappa shape index (κ2) is 11.5. The lowest BCUT2D eigenvalue weighted by molar-refractivity contribution is 0.0721. The highest BCUT2D eigenvalue weighted by Crippen LogP contribution is 2.24. The number of anilines is 3. The molecule has 4 rings (SSSR count). The Labute approximate surface area is 220 Å². The lowest BCUT2D eigenvalue weighted by atomic mass is 10.1. The normalized spacial score (nSPS) is 17.8. The summed E-state index contributed by atoms with van der Waals surface area (Å²) in [5.41, 5.74) is 5.68. The van der Waals surface area contributed by atoms with Gasteiger partial charge in [-0.3, -0.25) is 14.4 Å². The smallest absolute Gasteiger partial charge is 0.404 e. The number of piperidine rings is 2. The van der Waals surface area contributed by atoms with Crippen LogP contribution < -0.4 is 26.8 Å². The molecule has 0 saturated carbocycles. The summed E-state index contributed by atoms with van der Waals surface area (Å²) in [5.74, 6) is -0.640. The van der Waals surface area contributed by atoms with Crippen LogP contribution in [0.25, 0.3) is 0 Å². The number of likely N-dealkylation sites (tertiary alicyclic amines) is 1. The largest absolute Gasteiger partial charge is 0.465 e. The molecule has 13 heteroatoms. The summed E-state index contributed by atoms with van der Waals surface area (Å²) in [6.45, 7) is 5.87. The number of nitrogens with zero attached hydrogens (tertiary/aromatic N) is 5. The van der Waals surface area contributed by atoms with Gasteiger partial charge < -0.3 is 35.8 Å². The molecule has 5 N–H and O–H groups in total. The number of aromatic nitrogens is 3. The number of pyridine rings is 1. The highest BCUT2D eigenvalue weighted by Gasteiger charge is 2.26. The summed E-state index contributed by atoms with van der Waals surface area (Å²) in [6.07, 6.45) is 6.07. The Morgan fingerprint density at radius 2 is 1.84 bits per heavy atom. The SMILES string of the molecule is CC(C)n1cc(Nc2nc(N3CCC[C@H](NC(=O)O)C3)ncc2C(N)=O)cc(C(=O)N2CCCCC2)c1=O. The van der Waals surface area contributed by atoms with Crippen LogP contribution in [0.1, 0.15) is 72.7 Å². The van der Waals surface area contributed by atoms with Gasteiger partial charge in [0.25, 0.3) is 17.4 Å². The van der Waals surface area contributed by atoms with Gasteiger partial charge in [-0.2, -0.15) is 4.98 Å². The topological polar surface area (TPSA) is 176 Å². The molecular formula is C25H34N8O5. The van der Waals surface area contributed by atoms with Crippen LogP contribution >= 0.6 is 0 Å². The number of hydrogen-bond donors (Lipinski definition) is 4. The molecule has 1 atom stereocenters. The fourth-order valence-corrected chi connectivity index (χ4v) is 4.86. The molecule has 2 aliphatic rings. The number of rotatable bonds is 7. The maximum atomic E-state index is 13.3. The van der Waals surface area contributed by atoms with E-state index in [-0.39, 0.29) is 40.5 Å². The minimum absolute atomic E-state index is 0.0391. The summed E-state index contributed by atoms with van der Waals surface area (Å²) in [4.78, 5) is 62.1. The van der Waals surface area contributed by atoms with E-state index in [4.69, 9.17) is 10.8 Å². The van der Waals surface area contributed by atoms with E-state index in [1.54, 1.807) is 11.1 Å². The fourth-order valence-electron chi connectivity index (χ4n) is 4.86. The highest BCUT2D eigenvalue weighted by molar-refractivity contribution is 5.98. The molecule has 2 saturated heterocycles. The highest BCUT2D eigenvalue weighted by atomic mass is 16.4. The molecule has 3 amide bonds. The molecule has 13 nitrogen and oxygen atoms in total. The van der Waals surface area contributed by atoms with E-state index in [0.29, 0.717) is 44.2 Å². The van der Waals surface area contributed by atoms with Crippen molar-refractivity contribution in [1.82, 2.24) is 24.8 Å². The molecule has 0 bridgehead atoms. The van der Waals surface area contributed by atoms with E-state index in [9.17, 15) is 19.2 Å². The minimum Gasteiger partial charge on any atom is -0.465 e. The molecule has 0 radical (unpaired) electrons. The van der Waals surface area contributed by atoms with Gasteiger partial charge in [0.2, 0.25) is 5.95 Å². The maximum absolute atomic E-state index is 13.3. The zero-order valence-corrected chi connectivity index (χ0v) is 21.6. The first-order chi connectivity index (χ1) is 18.1. The predicted octanol–water partition coefficient (Wildman–Crippen LogP) is 1.92. The van der Waals surface area contributed by atoms with Crippen LogP contribution in [0, 0.1) is 0 Å². The first-order valence-corrected chi connectivity index (χ1v) is 12.9. The number of nitrogens with one attached hydrogen (secondary N) is 2. The molecule has 4 heterocycles. The molecule has 2 fully saturated rings. The number of amides is 3. The average molecular weight is 527 g/mol. The Balaban J connectivity index is 1.69. The molecule has 0 aliphatic carbocycles. The summed E-state index contributed by atoms with van der Waals surface area (Å²) < 4.78 is 1.47. The van der Waals surface area contributed by atoms with E-state index in [1.165, 1.54) is 16.8 Å². The predicted molar refractivity (Wildman–Crippen MR) is 141 cm³/mol. The summed E-state index contributed by atoms with van der Waals surface area (Å²) in [7, 11) is 0. The monoisotopic (exact) mass is 526 g/mol. The third-order valence-electron chi connectivity index (χ3n) is 6.81. The lowest BCUT2D eigenvalue weighted by Crippen LogP contribution is -2.48. The molecule has 2 aromatic rings. The molecule has 2 aromatic heterocycles. The van der Waals surface area contributed by atoms with Gasteiger partial charge in [-0.25, -0.2) is 9.78 Å². The Morgan fingerprint density at radius 3 is 2.50 bits per heavy atom. The summed E-state index contributed by atoms with van der Waals surface area (Å²) in [5, 5.41) is 14.7. The number of carbonyl (C=O) groups excluding carboxylic acids is 2. The number of nitrogens with two attached hydrogens (primary N) is 1. The van der Waals surface area contributed by atoms with Crippen molar-refractivity contribution in [2.75, 3.05) is 36.4 Å². The van der Waals surface area contributed by atoms with E-state index in [2.05, 4.69) is 20.6 Å². The maximum Gasteiger partial charge on any atom is 0.404 e. The van der Waals surface area contributed by atoms with Crippen molar-refractivity contribution in [3.05, 3.63) is 39.9 Å². The molecule has 204 valence electrons.